The molecule has 0 N–H and O–H groups in total. The summed E-state index contributed by atoms with van der Waals surface area (Å²) in [6.45, 7) is -2.48. The number of ether oxygens (including phenoxy) is 1. The lowest BCUT2D eigenvalue weighted by molar-refractivity contribution is -0.376. The Kier molecular flexibility index (Phi) is 3.71. The zero-order chi connectivity index (χ0) is 10.7. The van der Waals surface area contributed by atoms with Crippen LogP contribution in [0.15, 0.2) is 0 Å². The zero-order valence-corrected chi connectivity index (χ0v) is 6.00. The molecular weight excluding hydrogens is 206 g/mol. The molecule has 0 saturated carbocycles. The van der Waals surface area contributed by atoms with E-state index in [2.05, 4.69) is 4.74 Å². The minimum Gasteiger partial charge on any atom is -0.261 e. The molecule has 2 nitrogen and oxygen atoms in total. The van der Waals surface area contributed by atoms with Gasteiger partial charge < -0.3 is 0 Å². The van der Waals surface area contributed by atoms with Crippen LogP contribution in [0.5, 0.6) is 0 Å². The van der Waals surface area contributed by atoms with E-state index in [1.165, 1.54) is 0 Å². The molecule has 0 spiro atoms. The molecule has 8 heteroatoms. The van der Waals surface area contributed by atoms with E-state index in [1.54, 1.807) is 0 Å². The van der Waals surface area contributed by atoms with E-state index in [0.717, 1.165) is 0 Å². The fraction of sp³-hybridized carbons (Fsp3) is 0.800. The average molecular weight is 210 g/mol. The third-order valence-electron chi connectivity index (χ3n) is 0.799. The van der Waals surface area contributed by atoms with Crippen molar-refractivity contribution < 1.29 is 35.9 Å². The number of hydrogen-bond donors (Lipinski definition) is 0. The van der Waals surface area contributed by atoms with Gasteiger partial charge in [0.05, 0.1) is 0 Å². The van der Waals surface area contributed by atoms with Gasteiger partial charge >= 0.3 is 18.3 Å². The molecule has 0 amide bonds. The third kappa shape index (κ3) is 5.45. The van der Waals surface area contributed by atoms with Crippen molar-refractivity contribution in [3.8, 4) is 0 Å². The maximum Gasteiger partial charge on any atom is 0.388 e. The Labute approximate surface area is 68.5 Å². The lowest BCUT2D eigenvalue weighted by atomic mass is 10.4. The molecule has 0 rings (SSSR count). The minimum absolute atomic E-state index is 2.16. The number of rotatable bonds is 5. The summed E-state index contributed by atoms with van der Waals surface area (Å²) in [5, 5.41) is 0. The molecular formula is C5H4F6O2. The van der Waals surface area contributed by atoms with Crippen LogP contribution in [0.2, 0.25) is 0 Å². The largest absolute Gasteiger partial charge is 0.388 e. The van der Waals surface area contributed by atoms with Crippen molar-refractivity contribution in [1.82, 2.24) is 0 Å². The van der Waals surface area contributed by atoms with E-state index >= 15 is 0 Å². The Balaban J connectivity index is 4.24. The molecule has 0 saturated heterocycles. The number of carbonyl (C=O) groups is 1. The Morgan fingerprint density at radius 2 is 1.62 bits per heavy atom. The van der Waals surface area contributed by atoms with Gasteiger partial charge in [-0.05, 0) is 0 Å². The summed E-state index contributed by atoms with van der Waals surface area (Å²) >= 11 is 0. The van der Waals surface area contributed by atoms with E-state index in [0.29, 0.717) is 0 Å². The summed E-state index contributed by atoms with van der Waals surface area (Å²) in [6, 6.07) is -2.53. The maximum absolute atomic E-state index is 12.0. The molecule has 0 atom stereocenters. The first-order valence-electron chi connectivity index (χ1n) is 2.89. The number of hydrogen-bond acceptors (Lipinski definition) is 2. The average Bonchev–Trinajstić information content (AvgIpc) is 1.81. The highest BCUT2D eigenvalue weighted by Gasteiger charge is 2.45. The lowest BCUT2D eigenvalue weighted by Gasteiger charge is -2.19. The van der Waals surface area contributed by atoms with Gasteiger partial charge in [-0.25, -0.2) is 4.39 Å². The van der Waals surface area contributed by atoms with Crippen LogP contribution in [-0.4, -0.2) is 24.9 Å². The molecule has 0 aromatic carbocycles. The Morgan fingerprint density at radius 1 is 1.15 bits per heavy atom. The summed E-state index contributed by atoms with van der Waals surface area (Å²) < 4.78 is 72.8. The van der Waals surface area contributed by atoms with E-state index in [4.69, 9.17) is 0 Å². The molecule has 0 aliphatic carbocycles. The smallest absolute Gasteiger partial charge is 0.261 e. The van der Waals surface area contributed by atoms with Gasteiger partial charge in [-0.3, -0.25) is 9.53 Å². The van der Waals surface area contributed by atoms with Crippen LogP contribution < -0.4 is 0 Å². The molecule has 0 fully saturated rings. The molecule has 0 unspecified atom stereocenters. The first-order valence-corrected chi connectivity index (χ1v) is 2.89. The van der Waals surface area contributed by atoms with Crippen molar-refractivity contribution in [2.24, 2.45) is 0 Å². The fourth-order valence-corrected chi connectivity index (χ4v) is 0.444. The van der Waals surface area contributed by atoms with Gasteiger partial charge in [0.1, 0.15) is 6.42 Å². The second kappa shape index (κ2) is 3.95. The van der Waals surface area contributed by atoms with E-state index in [9.17, 15) is 31.1 Å². The van der Waals surface area contributed by atoms with E-state index < -0.39 is 31.3 Å². The van der Waals surface area contributed by atoms with Gasteiger partial charge in [-0.1, -0.05) is 0 Å². The molecule has 0 heterocycles. The van der Waals surface area contributed by atoms with Crippen LogP contribution in [0.1, 0.15) is 6.42 Å². The maximum atomic E-state index is 12.0. The molecule has 0 aromatic rings. The van der Waals surface area contributed by atoms with E-state index in [1.807, 2.05) is 0 Å². The monoisotopic (exact) mass is 210 g/mol. The van der Waals surface area contributed by atoms with Crippen LogP contribution in [0.4, 0.5) is 26.3 Å². The molecule has 0 aliphatic heterocycles. The summed E-state index contributed by atoms with van der Waals surface area (Å²) in [7, 11) is 0. The van der Waals surface area contributed by atoms with E-state index in [-0.39, 0.29) is 0 Å². The van der Waals surface area contributed by atoms with Gasteiger partial charge in [-0.15, -0.1) is 0 Å². The van der Waals surface area contributed by atoms with Crippen LogP contribution >= 0.6 is 0 Å². The highest BCUT2D eigenvalue weighted by atomic mass is 19.3. The van der Waals surface area contributed by atoms with Crippen LogP contribution in [0.25, 0.3) is 0 Å². The Bertz CT molecular complexity index is 191. The SMILES string of the molecule is O=C(F)CC(F)(F)OC(F)(F)CF. The van der Waals surface area contributed by atoms with Gasteiger partial charge in [0.25, 0.3) is 0 Å². The molecule has 0 radical (unpaired) electrons. The van der Waals surface area contributed by atoms with Crippen molar-refractivity contribution >= 4 is 6.04 Å². The lowest BCUT2D eigenvalue weighted by Crippen LogP contribution is -2.35. The first kappa shape index (κ1) is 12.2. The normalized spacial score (nSPS) is 13.1. The predicted octanol–water partition coefficient (Wildman–Crippen LogP) is 2.04. The summed E-state index contributed by atoms with van der Waals surface area (Å²) in [5.74, 6) is 0. The topological polar surface area (TPSA) is 26.3 Å². The van der Waals surface area contributed by atoms with Gasteiger partial charge in [0.15, 0.2) is 6.67 Å². The van der Waals surface area contributed by atoms with Gasteiger partial charge in [0.2, 0.25) is 0 Å². The zero-order valence-electron chi connectivity index (χ0n) is 6.00. The van der Waals surface area contributed by atoms with Crippen LogP contribution in [0, 0.1) is 0 Å². The van der Waals surface area contributed by atoms with Crippen molar-refractivity contribution in [3.05, 3.63) is 0 Å². The predicted molar refractivity (Wildman–Crippen MR) is 27.7 cm³/mol. The molecule has 0 bridgehead atoms. The highest BCUT2D eigenvalue weighted by Crippen LogP contribution is 2.29. The van der Waals surface area contributed by atoms with Crippen molar-refractivity contribution in [1.29, 1.82) is 0 Å². The van der Waals surface area contributed by atoms with Gasteiger partial charge in [0, 0.05) is 0 Å². The molecule has 0 aliphatic rings. The number of carbonyl (C=O) groups excluding carboxylic acids is 1. The summed E-state index contributed by atoms with van der Waals surface area (Å²) in [5.41, 5.74) is 0. The fourth-order valence-electron chi connectivity index (χ4n) is 0.444. The summed E-state index contributed by atoms with van der Waals surface area (Å²) in [6.07, 6.45) is -11.6. The first-order chi connectivity index (χ1) is 5.68. The highest BCUT2D eigenvalue weighted by molar-refractivity contribution is 5.68. The molecule has 13 heavy (non-hydrogen) atoms. The van der Waals surface area contributed by atoms with Crippen molar-refractivity contribution in [2.45, 2.75) is 18.6 Å². The van der Waals surface area contributed by atoms with Crippen molar-refractivity contribution in [2.75, 3.05) is 6.67 Å². The van der Waals surface area contributed by atoms with Crippen LogP contribution in [-0.2, 0) is 9.53 Å². The Hall–Kier alpha value is -0.790. The summed E-state index contributed by atoms with van der Waals surface area (Å²) in [4.78, 5) is 9.47. The third-order valence-corrected chi connectivity index (χ3v) is 0.799. The standard InChI is InChI=1S/C5H4F6O2/c6-2-5(10,11)13-4(8,9)1-3(7)12/h1-2H2. The van der Waals surface area contributed by atoms with Gasteiger partial charge in [-0.2, -0.15) is 22.0 Å². The van der Waals surface area contributed by atoms with Crippen molar-refractivity contribution in [3.63, 3.8) is 0 Å². The molecule has 78 valence electrons. The Morgan fingerprint density at radius 3 is 1.92 bits per heavy atom. The minimum atomic E-state index is -4.72. The van der Waals surface area contributed by atoms with Crippen LogP contribution in [0.3, 0.4) is 0 Å². The quantitative estimate of drug-likeness (QED) is 0.512. The second-order valence-electron chi connectivity index (χ2n) is 2.04. The second-order valence-corrected chi connectivity index (χ2v) is 2.04. The number of halogens is 6. The number of alkyl halides is 5. The molecule has 0 aromatic heterocycles.